The summed E-state index contributed by atoms with van der Waals surface area (Å²) in [5, 5.41) is 33.3. The number of hydrogen-bond donors (Lipinski definition) is 4. The largest absolute Gasteiger partial charge is 0.507 e. The predicted molar refractivity (Wildman–Crippen MR) is 75.1 cm³/mol. The van der Waals surface area contributed by atoms with E-state index in [1.54, 1.807) is 0 Å². The van der Waals surface area contributed by atoms with Crippen LogP contribution in [-0.2, 0) is 0 Å². The molecule has 4 heteroatoms. The molecular weight excluding hydrogens is 242 g/mol. The van der Waals surface area contributed by atoms with E-state index in [9.17, 15) is 5.11 Å². The molecule has 0 bridgehead atoms. The Kier molecular flexibility index (Phi) is 4.37. The van der Waals surface area contributed by atoms with E-state index in [0.29, 0.717) is 0 Å². The van der Waals surface area contributed by atoms with Crippen molar-refractivity contribution in [1.29, 1.82) is 0 Å². The standard InChI is InChI=1S/C15H19NO3/c1-10(16-12(8-17)9-18)13-7-6-11-4-2-3-5-14(11)15(13)19/h2-7,10,12,16-19H,8-9H2,1H3. The Morgan fingerprint density at radius 1 is 1.05 bits per heavy atom. The Morgan fingerprint density at radius 2 is 1.74 bits per heavy atom. The van der Waals surface area contributed by atoms with Crippen LogP contribution in [0.1, 0.15) is 18.5 Å². The Hall–Kier alpha value is -1.62. The minimum atomic E-state index is -0.388. The van der Waals surface area contributed by atoms with E-state index in [-0.39, 0.29) is 31.0 Å². The maximum Gasteiger partial charge on any atom is 0.128 e. The maximum absolute atomic E-state index is 10.3. The van der Waals surface area contributed by atoms with Crippen molar-refractivity contribution in [2.45, 2.75) is 19.0 Å². The number of phenolic OH excluding ortho intramolecular Hbond substituents is 1. The molecule has 4 N–H and O–H groups in total. The second-order valence-electron chi connectivity index (χ2n) is 4.67. The summed E-state index contributed by atoms with van der Waals surface area (Å²) < 4.78 is 0. The van der Waals surface area contributed by atoms with Crippen molar-refractivity contribution in [3.05, 3.63) is 42.0 Å². The van der Waals surface area contributed by atoms with E-state index in [1.807, 2.05) is 43.3 Å². The quantitative estimate of drug-likeness (QED) is 0.659. The van der Waals surface area contributed by atoms with Crippen molar-refractivity contribution >= 4 is 10.8 Å². The average Bonchev–Trinajstić information content (AvgIpc) is 2.45. The van der Waals surface area contributed by atoms with Crippen LogP contribution in [0.4, 0.5) is 0 Å². The van der Waals surface area contributed by atoms with Crippen molar-refractivity contribution in [3.8, 4) is 5.75 Å². The fraction of sp³-hybridized carbons (Fsp3) is 0.333. The summed E-state index contributed by atoms with van der Waals surface area (Å²) in [4.78, 5) is 0. The zero-order valence-corrected chi connectivity index (χ0v) is 10.9. The highest BCUT2D eigenvalue weighted by molar-refractivity contribution is 5.89. The lowest BCUT2D eigenvalue weighted by atomic mass is 10.0. The molecule has 0 aliphatic heterocycles. The minimum absolute atomic E-state index is 0.144. The first-order valence-corrected chi connectivity index (χ1v) is 6.35. The zero-order chi connectivity index (χ0) is 13.8. The van der Waals surface area contributed by atoms with Gasteiger partial charge in [0, 0.05) is 17.0 Å². The van der Waals surface area contributed by atoms with Gasteiger partial charge in [0.05, 0.1) is 19.3 Å². The van der Waals surface area contributed by atoms with Crippen LogP contribution < -0.4 is 5.32 Å². The highest BCUT2D eigenvalue weighted by atomic mass is 16.3. The van der Waals surface area contributed by atoms with E-state index in [4.69, 9.17) is 10.2 Å². The van der Waals surface area contributed by atoms with E-state index >= 15 is 0 Å². The number of phenols is 1. The van der Waals surface area contributed by atoms with E-state index in [0.717, 1.165) is 16.3 Å². The molecule has 2 aromatic rings. The van der Waals surface area contributed by atoms with Gasteiger partial charge in [-0.25, -0.2) is 0 Å². The van der Waals surface area contributed by atoms with E-state index in [2.05, 4.69) is 5.32 Å². The van der Waals surface area contributed by atoms with Crippen LogP contribution in [0.5, 0.6) is 5.75 Å². The molecule has 19 heavy (non-hydrogen) atoms. The number of benzene rings is 2. The van der Waals surface area contributed by atoms with Crippen LogP contribution in [0.2, 0.25) is 0 Å². The normalized spacial score (nSPS) is 13.1. The van der Waals surface area contributed by atoms with Crippen LogP contribution >= 0.6 is 0 Å². The molecule has 0 spiro atoms. The molecule has 2 rings (SSSR count). The minimum Gasteiger partial charge on any atom is -0.507 e. The summed E-state index contributed by atoms with van der Waals surface area (Å²) in [6, 6.07) is 10.9. The third kappa shape index (κ3) is 2.87. The molecule has 0 heterocycles. The molecule has 0 saturated heterocycles. The van der Waals surface area contributed by atoms with Gasteiger partial charge < -0.3 is 20.6 Å². The highest BCUT2D eigenvalue weighted by Crippen LogP contribution is 2.32. The molecule has 102 valence electrons. The van der Waals surface area contributed by atoms with Gasteiger partial charge >= 0.3 is 0 Å². The van der Waals surface area contributed by atoms with Gasteiger partial charge in [-0.2, -0.15) is 0 Å². The van der Waals surface area contributed by atoms with Gasteiger partial charge in [0.2, 0.25) is 0 Å². The molecule has 2 aromatic carbocycles. The Morgan fingerprint density at radius 3 is 2.42 bits per heavy atom. The Labute approximate surface area is 112 Å². The number of aliphatic hydroxyl groups is 2. The zero-order valence-electron chi connectivity index (χ0n) is 10.9. The Balaban J connectivity index is 2.32. The molecule has 0 aromatic heterocycles. The molecule has 0 radical (unpaired) electrons. The first kappa shape index (κ1) is 13.8. The smallest absolute Gasteiger partial charge is 0.128 e. The van der Waals surface area contributed by atoms with Crippen molar-refractivity contribution < 1.29 is 15.3 Å². The first-order valence-electron chi connectivity index (χ1n) is 6.35. The average molecular weight is 261 g/mol. The highest BCUT2D eigenvalue weighted by Gasteiger charge is 2.16. The van der Waals surface area contributed by atoms with Crippen molar-refractivity contribution in [2.75, 3.05) is 13.2 Å². The predicted octanol–water partition coefficient (Wildman–Crippen LogP) is 1.55. The van der Waals surface area contributed by atoms with Gasteiger partial charge in [0.1, 0.15) is 5.75 Å². The van der Waals surface area contributed by atoms with Crippen LogP contribution in [-0.4, -0.2) is 34.6 Å². The molecule has 0 aliphatic carbocycles. The lowest BCUT2D eigenvalue weighted by Gasteiger charge is -2.21. The maximum atomic E-state index is 10.3. The third-order valence-electron chi connectivity index (χ3n) is 3.32. The SMILES string of the molecule is CC(NC(CO)CO)c1ccc2ccccc2c1O. The van der Waals surface area contributed by atoms with Crippen molar-refractivity contribution in [1.82, 2.24) is 5.32 Å². The van der Waals surface area contributed by atoms with Crippen LogP contribution in [0.25, 0.3) is 10.8 Å². The number of nitrogens with one attached hydrogen (secondary N) is 1. The van der Waals surface area contributed by atoms with Gasteiger partial charge in [-0.1, -0.05) is 36.4 Å². The first-order chi connectivity index (χ1) is 9.17. The summed E-state index contributed by atoms with van der Waals surface area (Å²) in [5.74, 6) is 0.243. The molecular formula is C15H19NO3. The van der Waals surface area contributed by atoms with E-state index < -0.39 is 0 Å². The van der Waals surface area contributed by atoms with Gasteiger partial charge in [-0.05, 0) is 12.3 Å². The van der Waals surface area contributed by atoms with Crippen LogP contribution in [0.15, 0.2) is 36.4 Å². The lowest BCUT2D eigenvalue weighted by Crippen LogP contribution is -2.37. The summed E-state index contributed by atoms with van der Waals surface area (Å²) in [7, 11) is 0. The Bertz CT molecular complexity index is 552. The number of aliphatic hydroxyl groups excluding tert-OH is 2. The molecule has 0 aliphatic rings. The summed E-state index contributed by atoms with van der Waals surface area (Å²) in [6.07, 6.45) is 0. The number of fused-ring (bicyclic) bond motifs is 1. The van der Waals surface area contributed by atoms with Gasteiger partial charge in [0.25, 0.3) is 0 Å². The summed E-state index contributed by atoms with van der Waals surface area (Å²) in [5.41, 5.74) is 0.755. The van der Waals surface area contributed by atoms with Gasteiger partial charge in [-0.3, -0.25) is 0 Å². The number of aromatic hydroxyl groups is 1. The van der Waals surface area contributed by atoms with Crippen molar-refractivity contribution in [3.63, 3.8) is 0 Å². The lowest BCUT2D eigenvalue weighted by molar-refractivity contribution is 0.163. The second kappa shape index (κ2) is 6.02. The van der Waals surface area contributed by atoms with Crippen LogP contribution in [0.3, 0.4) is 0 Å². The summed E-state index contributed by atoms with van der Waals surface area (Å²) in [6.45, 7) is 1.60. The van der Waals surface area contributed by atoms with Gasteiger partial charge in [-0.15, -0.1) is 0 Å². The third-order valence-corrected chi connectivity index (χ3v) is 3.32. The molecule has 1 unspecified atom stereocenters. The fourth-order valence-electron chi connectivity index (χ4n) is 2.23. The van der Waals surface area contributed by atoms with Crippen molar-refractivity contribution in [2.24, 2.45) is 0 Å². The fourth-order valence-corrected chi connectivity index (χ4v) is 2.23. The van der Waals surface area contributed by atoms with E-state index in [1.165, 1.54) is 0 Å². The molecule has 0 saturated carbocycles. The number of hydrogen-bond acceptors (Lipinski definition) is 4. The number of rotatable bonds is 5. The summed E-state index contributed by atoms with van der Waals surface area (Å²) >= 11 is 0. The topological polar surface area (TPSA) is 72.7 Å². The van der Waals surface area contributed by atoms with Gasteiger partial charge in [0.15, 0.2) is 0 Å². The second-order valence-corrected chi connectivity index (χ2v) is 4.67. The molecule has 4 nitrogen and oxygen atoms in total. The monoisotopic (exact) mass is 261 g/mol. The molecule has 0 amide bonds. The van der Waals surface area contributed by atoms with Crippen LogP contribution in [0, 0.1) is 0 Å². The molecule has 1 atom stereocenters. The molecule has 0 fully saturated rings.